The van der Waals surface area contributed by atoms with E-state index in [1.165, 1.54) is 30.4 Å². The van der Waals surface area contributed by atoms with Crippen molar-refractivity contribution in [3.63, 3.8) is 0 Å². The molecule has 5 rings (SSSR count). The molecule has 1 unspecified atom stereocenters. The second-order valence-electron chi connectivity index (χ2n) is 10.8. The number of thiazole rings is 1. The van der Waals surface area contributed by atoms with Crippen LogP contribution < -0.4 is 4.74 Å². The zero-order chi connectivity index (χ0) is 33.6. The largest absolute Gasteiger partial charge is 0.479 e. The van der Waals surface area contributed by atoms with E-state index < -0.39 is 23.8 Å². The molecule has 0 aliphatic carbocycles. The van der Waals surface area contributed by atoms with E-state index in [-0.39, 0.29) is 6.09 Å². The molecule has 1 N–H and O–H groups in total. The van der Waals surface area contributed by atoms with Gasteiger partial charge in [-0.1, -0.05) is 42.5 Å². The fourth-order valence-corrected chi connectivity index (χ4v) is 7.11. The Balaban J connectivity index is 1.39. The topological polar surface area (TPSA) is 92.2 Å². The van der Waals surface area contributed by atoms with Crippen LogP contribution in [0.2, 0.25) is 0 Å². The highest BCUT2D eigenvalue weighted by atomic mass is 32.2. The highest BCUT2D eigenvalue weighted by molar-refractivity contribution is 7.98. The fraction of sp³-hybridized carbons (Fsp3) is 0.324. The summed E-state index contributed by atoms with van der Waals surface area (Å²) in [6.45, 7) is 6.41. The molecule has 0 saturated carbocycles. The number of aliphatic carboxylic acids is 1. The van der Waals surface area contributed by atoms with Gasteiger partial charge in [0, 0.05) is 59.4 Å². The molecule has 3 aromatic carbocycles. The van der Waals surface area contributed by atoms with Crippen LogP contribution in [0.5, 0.6) is 5.75 Å². The van der Waals surface area contributed by atoms with E-state index in [0.29, 0.717) is 61.4 Å². The Bertz CT molecular complexity index is 1670. The molecule has 1 aliphatic rings. The number of benzene rings is 3. The van der Waals surface area contributed by atoms with Gasteiger partial charge in [-0.3, -0.25) is 4.90 Å². The van der Waals surface area contributed by atoms with E-state index in [9.17, 15) is 27.9 Å². The van der Waals surface area contributed by atoms with Crippen LogP contribution in [-0.4, -0.2) is 70.8 Å². The van der Waals surface area contributed by atoms with Gasteiger partial charge in [0.1, 0.15) is 10.8 Å². The number of carboxylic acids is 1. The molecule has 0 bridgehead atoms. The number of aromatic nitrogens is 1. The minimum atomic E-state index is -4.43. The van der Waals surface area contributed by atoms with Crippen molar-refractivity contribution >= 4 is 35.2 Å². The summed E-state index contributed by atoms with van der Waals surface area (Å²) >= 11 is 3.03. The molecule has 2 heterocycles. The molecule has 0 radical (unpaired) electrons. The highest BCUT2D eigenvalue weighted by Crippen LogP contribution is 2.39. The molecule has 4 aromatic rings. The number of rotatable bonds is 11. The van der Waals surface area contributed by atoms with Crippen LogP contribution in [0.15, 0.2) is 77.7 Å². The smallest absolute Gasteiger partial charge is 0.416 e. The molecule has 248 valence electrons. The van der Waals surface area contributed by atoms with Crippen molar-refractivity contribution in [2.24, 2.45) is 0 Å². The van der Waals surface area contributed by atoms with Crippen molar-refractivity contribution in [3.05, 3.63) is 88.9 Å². The SMILES string of the molecule is CCOC(=O)N1CCN(Cc2nc(-c3ccc(C(F)(F)F)cc3)sc2CSc2ccc(OC(C)C(=O)O)c(-c3ccccc3)c2)CC1. The van der Waals surface area contributed by atoms with E-state index in [4.69, 9.17) is 14.5 Å². The van der Waals surface area contributed by atoms with Crippen LogP contribution >= 0.6 is 23.1 Å². The van der Waals surface area contributed by atoms with E-state index in [2.05, 4.69) is 4.90 Å². The number of carbonyl (C=O) groups excluding carboxylic acids is 1. The van der Waals surface area contributed by atoms with Gasteiger partial charge in [0.05, 0.1) is 17.9 Å². The van der Waals surface area contributed by atoms with Gasteiger partial charge < -0.3 is 19.5 Å². The molecule has 1 aromatic heterocycles. The van der Waals surface area contributed by atoms with Crippen LogP contribution in [0, 0.1) is 0 Å². The fourth-order valence-electron chi connectivity index (χ4n) is 4.99. The predicted molar refractivity (Wildman–Crippen MR) is 176 cm³/mol. The minimum absolute atomic E-state index is 0.315. The minimum Gasteiger partial charge on any atom is -0.479 e. The molecular weight excluding hydrogens is 652 g/mol. The molecule has 1 atom stereocenters. The van der Waals surface area contributed by atoms with Crippen LogP contribution in [0.4, 0.5) is 18.0 Å². The maximum atomic E-state index is 13.2. The second kappa shape index (κ2) is 15.2. The summed E-state index contributed by atoms with van der Waals surface area (Å²) in [4.78, 5) is 34.3. The van der Waals surface area contributed by atoms with Crippen molar-refractivity contribution in [2.45, 2.75) is 43.3 Å². The van der Waals surface area contributed by atoms with Gasteiger partial charge >= 0.3 is 18.2 Å². The maximum Gasteiger partial charge on any atom is 0.416 e. The summed E-state index contributed by atoms with van der Waals surface area (Å²) in [6.07, 6.45) is -5.78. The summed E-state index contributed by atoms with van der Waals surface area (Å²) in [5.41, 5.74) is 2.37. The lowest BCUT2D eigenvalue weighted by Crippen LogP contribution is -2.48. The number of amides is 1. The van der Waals surface area contributed by atoms with Crippen molar-refractivity contribution < 1.29 is 37.3 Å². The molecule has 8 nitrogen and oxygen atoms in total. The van der Waals surface area contributed by atoms with Gasteiger partial charge in [0.25, 0.3) is 0 Å². The first-order valence-corrected chi connectivity index (χ1v) is 16.8. The first-order chi connectivity index (χ1) is 22.5. The van der Waals surface area contributed by atoms with Crippen molar-refractivity contribution in [1.29, 1.82) is 0 Å². The molecule has 1 fully saturated rings. The van der Waals surface area contributed by atoms with Crippen LogP contribution in [0.1, 0.15) is 30.0 Å². The summed E-state index contributed by atoms with van der Waals surface area (Å²) in [5, 5.41) is 10.0. The molecule has 1 aliphatic heterocycles. The quantitative estimate of drug-likeness (QED) is 0.159. The monoisotopic (exact) mass is 685 g/mol. The van der Waals surface area contributed by atoms with Crippen LogP contribution in [0.25, 0.3) is 21.7 Å². The lowest BCUT2D eigenvalue weighted by atomic mass is 10.0. The Morgan fingerprint density at radius 3 is 2.34 bits per heavy atom. The highest BCUT2D eigenvalue weighted by Gasteiger charge is 2.30. The number of ether oxygens (including phenoxy) is 2. The standard InChI is InChI=1S/C34H34F3N3O5S2/c1-3-44-33(43)40-17-15-39(16-18-40)20-28-30(47-31(38-28)24-9-11-25(12-10-24)34(35,36)37)21-46-26-13-14-29(45-22(2)32(41)42)27(19-26)23-7-5-4-6-8-23/h4-14,19,22H,3,15-18,20-21H2,1-2H3,(H,41,42). The third-order valence-electron chi connectivity index (χ3n) is 7.57. The average molecular weight is 686 g/mol. The molecule has 13 heteroatoms. The molecule has 1 amide bonds. The average Bonchev–Trinajstić information content (AvgIpc) is 3.47. The Hall–Kier alpha value is -4.07. The van der Waals surface area contributed by atoms with Gasteiger partial charge in [-0.25, -0.2) is 14.6 Å². The second-order valence-corrected chi connectivity index (χ2v) is 13.0. The van der Waals surface area contributed by atoms with E-state index in [1.54, 1.807) is 29.7 Å². The third-order valence-corrected chi connectivity index (χ3v) is 9.92. The lowest BCUT2D eigenvalue weighted by Gasteiger charge is -2.33. The van der Waals surface area contributed by atoms with Gasteiger partial charge in [-0.05, 0) is 49.7 Å². The van der Waals surface area contributed by atoms with Gasteiger partial charge in [-0.2, -0.15) is 13.2 Å². The van der Waals surface area contributed by atoms with Crippen LogP contribution in [-0.2, 0) is 28.0 Å². The number of carboxylic acid groups (broad SMARTS) is 1. The number of thioether (sulfide) groups is 1. The van der Waals surface area contributed by atoms with Gasteiger partial charge in [0.2, 0.25) is 0 Å². The first kappa shape index (κ1) is 34.3. The number of piperazine rings is 1. The van der Waals surface area contributed by atoms with Crippen molar-refractivity contribution in [2.75, 3.05) is 32.8 Å². The number of nitrogens with zero attached hydrogens (tertiary/aromatic N) is 3. The lowest BCUT2D eigenvalue weighted by molar-refractivity contribution is -0.144. The Kier molecular flexibility index (Phi) is 11.1. The Morgan fingerprint density at radius 2 is 1.70 bits per heavy atom. The van der Waals surface area contributed by atoms with Gasteiger partial charge in [0.15, 0.2) is 6.10 Å². The normalized spacial score (nSPS) is 14.5. The number of hydrogen-bond acceptors (Lipinski definition) is 8. The number of halogens is 3. The summed E-state index contributed by atoms with van der Waals surface area (Å²) in [5.74, 6) is -0.0528. The summed E-state index contributed by atoms with van der Waals surface area (Å²) in [7, 11) is 0. The first-order valence-electron chi connectivity index (χ1n) is 15.0. The summed E-state index contributed by atoms with van der Waals surface area (Å²) in [6, 6.07) is 20.2. The third kappa shape index (κ3) is 8.85. The zero-order valence-corrected chi connectivity index (χ0v) is 27.5. The number of hydrogen-bond donors (Lipinski definition) is 1. The molecular formula is C34H34F3N3O5S2. The number of alkyl halides is 3. The zero-order valence-electron chi connectivity index (χ0n) is 25.8. The van der Waals surface area contributed by atoms with Crippen molar-refractivity contribution in [3.8, 4) is 27.4 Å². The number of carbonyl (C=O) groups is 2. The summed E-state index contributed by atoms with van der Waals surface area (Å²) < 4.78 is 50.5. The van der Waals surface area contributed by atoms with Crippen LogP contribution in [0.3, 0.4) is 0 Å². The molecule has 0 spiro atoms. The molecule has 47 heavy (non-hydrogen) atoms. The molecule has 1 saturated heterocycles. The van der Waals surface area contributed by atoms with E-state index in [0.717, 1.165) is 38.7 Å². The predicted octanol–water partition coefficient (Wildman–Crippen LogP) is 7.91. The van der Waals surface area contributed by atoms with E-state index >= 15 is 0 Å². The Labute approximate surface area is 279 Å². The van der Waals surface area contributed by atoms with E-state index in [1.807, 2.05) is 42.5 Å². The maximum absolute atomic E-state index is 13.2. The van der Waals surface area contributed by atoms with Gasteiger partial charge in [-0.15, -0.1) is 23.1 Å². The Morgan fingerprint density at radius 1 is 1.00 bits per heavy atom. The van der Waals surface area contributed by atoms with Crippen molar-refractivity contribution in [1.82, 2.24) is 14.8 Å².